The van der Waals surface area contributed by atoms with Gasteiger partial charge in [0.15, 0.2) is 0 Å². The fraction of sp³-hybridized carbons (Fsp3) is 1.00. The summed E-state index contributed by atoms with van der Waals surface area (Å²) in [5.41, 5.74) is 0. The van der Waals surface area contributed by atoms with E-state index in [1.165, 1.54) is 32.5 Å². The van der Waals surface area contributed by atoms with Crippen LogP contribution in [0.3, 0.4) is 0 Å². The molecule has 0 saturated carbocycles. The van der Waals surface area contributed by atoms with Crippen LogP contribution in [0.2, 0.25) is 0 Å². The highest BCUT2D eigenvalue weighted by Gasteiger charge is 2.24. The number of hydrogen-bond donors (Lipinski definition) is 0. The van der Waals surface area contributed by atoms with E-state index in [1.54, 1.807) is 0 Å². The van der Waals surface area contributed by atoms with Crippen LogP contribution in [0.1, 0.15) is 33.6 Å². The van der Waals surface area contributed by atoms with Crippen LogP contribution in [-0.2, 0) is 0 Å². The van der Waals surface area contributed by atoms with Crippen molar-refractivity contribution in [2.24, 2.45) is 0 Å². The molecule has 0 radical (unpaired) electrons. The minimum atomic E-state index is 0.716. The maximum Gasteiger partial charge on any atom is 0.0220 e. The van der Waals surface area contributed by atoms with E-state index in [1.807, 2.05) is 0 Å². The molecule has 0 aromatic rings. The molecule has 1 fully saturated rings. The summed E-state index contributed by atoms with van der Waals surface area (Å²) >= 11 is 0. The smallest absolute Gasteiger partial charge is 0.0220 e. The molecule has 2 heteroatoms. The van der Waals surface area contributed by atoms with E-state index in [0.717, 1.165) is 6.04 Å². The Morgan fingerprint density at radius 3 is 2.54 bits per heavy atom. The molecule has 1 aliphatic rings. The molecule has 0 N–H and O–H groups in total. The number of piperazine rings is 1. The zero-order valence-corrected chi connectivity index (χ0v) is 9.58. The third kappa shape index (κ3) is 2.96. The lowest BCUT2D eigenvalue weighted by molar-refractivity contribution is 0.0701. The topological polar surface area (TPSA) is 6.48 Å². The first-order valence-electron chi connectivity index (χ1n) is 5.59. The lowest BCUT2D eigenvalue weighted by atomic mass is 10.1. The Labute approximate surface area is 82.9 Å². The minimum absolute atomic E-state index is 0.716. The van der Waals surface area contributed by atoms with Crippen LogP contribution in [0.5, 0.6) is 0 Å². The van der Waals surface area contributed by atoms with Gasteiger partial charge in [-0.25, -0.2) is 0 Å². The molecule has 1 rings (SSSR count). The van der Waals surface area contributed by atoms with Crippen LogP contribution in [-0.4, -0.2) is 48.6 Å². The summed E-state index contributed by atoms with van der Waals surface area (Å²) in [7, 11) is 2.26. The molecule has 1 unspecified atom stereocenters. The first kappa shape index (κ1) is 11.0. The maximum atomic E-state index is 2.60. The standard InChI is InChI=1S/C11H24N2/c1-5-6-11-9-13(10(2)3)8-7-12(11)4/h10-11H,5-9H2,1-4H3. The Morgan fingerprint density at radius 1 is 1.31 bits per heavy atom. The average molecular weight is 184 g/mol. The number of hydrogen-bond acceptors (Lipinski definition) is 2. The van der Waals surface area contributed by atoms with E-state index in [4.69, 9.17) is 0 Å². The molecule has 1 saturated heterocycles. The van der Waals surface area contributed by atoms with Gasteiger partial charge in [0.2, 0.25) is 0 Å². The molecule has 0 aromatic heterocycles. The first-order chi connectivity index (χ1) is 6.15. The van der Waals surface area contributed by atoms with Crippen molar-refractivity contribution in [2.45, 2.75) is 45.7 Å². The Balaban J connectivity index is 2.42. The van der Waals surface area contributed by atoms with Gasteiger partial charge in [0.25, 0.3) is 0 Å². The van der Waals surface area contributed by atoms with E-state index in [0.29, 0.717) is 6.04 Å². The van der Waals surface area contributed by atoms with Crippen molar-refractivity contribution in [3.05, 3.63) is 0 Å². The molecular weight excluding hydrogens is 160 g/mol. The lowest BCUT2D eigenvalue weighted by Crippen LogP contribution is -2.53. The molecule has 0 amide bonds. The predicted octanol–water partition coefficient (Wildman–Crippen LogP) is 1.81. The van der Waals surface area contributed by atoms with Crippen molar-refractivity contribution in [3.8, 4) is 0 Å². The van der Waals surface area contributed by atoms with E-state index >= 15 is 0 Å². The highest BCUT2D eigenvalue weighted by molar-refractivity contribution is 4.81. The van der Waals surface area contributed by atoms with Gasteiger partial charge in [0.1, 0.15) is 0 Å². The highest BCUT2D eigenvalue weighted by atomic mass is 15.3. The van der Waals surface area contributed by atoms with E-state index in [-0.39, 0.29) is 0 Å². The average Bonchev–Trinajstić information content (AvgIpc) is 2.08. The SMILES string of the molecule is CCCC1CN(C(C)C)CCN1C. The van der Waals surface area contributed by atoms with Crippen LogP contribution in [0, 0.1) is 0 Å². The molecule has 78 valence electrons. The van der Waals surface area contributed by atoms with Crippen molar-refractivity contribution in [3.63, 3.8) is 0 Å². The molecule has 1 aliphatic heterocycles. The Bertz CT molecular complexity index is 145. The van der Waals surface area contributed by atoms with Gasteiger partial charge < -0.3 is 4.90 Å². The highest BCUT2D eigenvalue weighted by Crippen LogP contribution is 2.14. The molecule has 0 aromatic carbocycles. The summed E-state index contributed by atoms with van der Waals surface area (Å²) in [6.07, 6.45) is 2.65. The zero-order chi connectivity index (χ0) is 9.84. The Morgan fingerprint density at radius 2 is 2.00 bits per heavy atom. The molecular formula is C11H24N2. The van der Waals surface area contributed by atoms with E-state index in [2.05, 4.69) is 37.6 Å². The van der Waals surface area contributed by atoms with Crippen molar-refractivity contribution in [2.75, 3.05) is 26.7 Å². The molecule has 1 atom stereocenters. The van der Waals surface area contributed by atoms with Crippen LogP contribution in [0.25, 0.3) is 0 Å². The third-order valence-electron chi connectivity index (χ3n) is 3.16. The lowest BCUT2D eigenvalue weighted by Gasteiger charge is -2.41. The van der Waals surface area contributed by atoms with Crippen molar-refractivity contribution >= 4 is 0 Å². The largest absolute Gasteiger partial charge is 0.301 e. The second kappa shape index (κ2) is 4.97. The molecule has 2 nitrogen and oxygen atoms in total. The zero-order valence-electron chi connectivity index (χ0n) is 9.58. The normalized spacial score (nSPS) is 27.0. The van der Waals surface area contributed by atoms with Crippen LogP contribution < -0.4 is 0 Å². The number of likely N-dealkylation sites (N-methyl/N-ethyl adjacent to an activating group) is 1. The monoisotopic (exact) mass is 184 g/mol. The van der Waals surface area contributed by atoms with Gasteiger partial charge in [-0.3, -0.25) is 4.90 Å². The molecule has 13 heavy (non-hydrogen) atoms. The fourth-order valence-electron chi connectivity index (χ4n) is 2.08. The summed E-state index contributed by atoms with van der Waals surface area (Å²) in [6, 6.07) is 1.51. The van der Waals surface area contributed by atoms with Gasteiger partial charge in [-0.1, -0.05) is 13.3 Å². The van der Waals surface area contributed by atoms with Gasteiger partial charge in [0, 0.05) is 31.7 Å². The molecule has 1 heterocycles. The van der Waals surface area contributed by atoms with Crippen LogP contribution in [0.4, 0.5) is 0 Å². The van der Waals surface area contributed by atoms with Crippen molar-refractivity contribution in [1.29, 1.82) is 0 Å². The summed E-state index contributed by atoms with van der Waals surface area (Å²) < 4.78 is 0. The minimum Gasteiger partial charge on any atom is -0.301 e. The number of rotatable bonds is 3. The quantitative estimate of drug-likeness (QED) is 0.660. The van der Waals surface area contributed by atoms with Crippen molar-refractivity contribution < 1.29 is 0 Å². The third-order valence-corrected chi connectivity index (χ3v) is 3.16. The first-order valence-corrected chi connectivity index (χ1v) is 5.59. The van der Waals surface area contributed by atoms with E-state index in [9.17, 15) is 0 Å². The van der Waals surface area contributed by atoms with Gasteiger partial charge in [-0.2, -0.15) is 0 Å². The predicted molar refractivity (Wildman–Crippen MR) is 58.0 cm³/mol. The Hall–Kier alpha value is -0.0800. The van der Waals surface area contributed by atoms with Gasteiger partial charge in [-0.05, 0) is 27.3 Å². The van der Waals surface area contributed by atoms with Gasteiger partial charge in [-0.15, -0.1) is 0 Å². The van der Waals surface area contributed by atoms with Crippen LogP contribution >= 0.6 is 0 Å². The summed E-state index contributed by atoms with van der Waals surface area (Å²) in [5.74, 6) is 0. The second-order valence-electron chi connectivity index (χ2n) is 4.51. The van der Waals surface area contributed by atoms with Gasteiger partial charge in [0.05, 0.1) is 0 Å². The van der Waals surface area contributed by atoms with Crippen LogP contribution in [0.15, 0.2) is 0 Å². The fourth-order valence-corrected chi connectivity index (χ4v) is 2.08. The second-order valence-corrected chi connectivity index (χ2v) is 4.51. The summed E-state index contributed by atoms with van der Waals surface area (Å²) in [5, 5.41) is 0. The number of nitrogens with zero attached hydrogens (tertiary/aromatic N) is 2. The maximum absolute atomic E-state index is 2.60. The van der Waals surface area contributed by atoms with E-state index < -0.39 is 0 Å². The van der Waals surface area contributed by atoms with Crippen molar-refractivity contribution in [1.82, 2.24) is 9.80 Å². The molecule has 0 spiro atoms. The molecule has 0 bridgehead atoms. The Kier molecular flexibility index (Phi) is 4.20. The van der Waals surface area contributed by atoms with Gasteiger partial charge >= 0.3 is 0 Å². The summed E-state index contributed by atoms with van der Waals surface area (Å²) in [4.78, 5) is 5.11. The summed E-state index contributed by atoms with van der Waals surface area (Å²) in [6.45, 7) is 10.6. The molecule has 0 aliphatic carbocycles.